The summed E-state index contributed by atoms with van der Waals surface area (Å²) < 4.78 is 5.37. The molecule has 9 heteroatoms. The van der Waals surface area contributed by atoms with Crippen molar-refractivity contribution in [2.24, 2.45) is 0 Å². The second-order valence-corrected chi connectivity index (χ2v) is 5.43. The molecule has 0 N–H and O–H groups in total. The van der Waals surface area contributed by atoms with Crippen LogP contribution < -0.4 is 0 Å². The van der Waals surface area contributed by atoms with E-state index >= 15 is 0 Å². The zero-order chi connectivity index (χ0) is 17.0. The topological polar surface area (TPSA) is 95.5 Å². The molecule has 0 heterocycles. The van der Waals surface area contributed by atoms with Gasteiger partial charge in [-0.25, -0.2) is 0 Å². The predicted molar refractivity (Wildman–Crippen MR) is 84.7 cm³/mol. The van der Waals surface area contributed by atoms with E-state index in [1.807, 2.05) is 0 Å². The lowest BCUT2D eigenvalue weighted by Crippen LogP contribution is -2.01. The van der Waals surface area contributed by atoms with Gasteiger partial charge in [0.25, 0.3) is 11.4 Å². The van der Waals surface area contributed by atoms with Crippen LogP contribution in [-0.4, -0.2) is 9.85 Å². The largest absolute Gasteiger partial charge is 0.372 e. The first-order valence-corrected chi connectivity index (χ1v) is 7.07. The van der Waals surface area contributed by atoms with Crippen molar-refractivity contribution >= 4 is 34.6 Å². The van der Waals surface area contributed by atoms with E-state index in [4.69, 9.17) is 27.9 Å². The first kappa shape index (κ1) is 17.1. The average Bonchev–Trinajstić information content (AvgIpc) is 2.46. The number of hydrogen-bond acceptors (Lipinski definition) is 5. The lowest BCUT2D eigenvalue weighted by atomic mass is 10.2. The van der Waals surface area contributed by atoms with Gasteiger partial charge in [0.15, 0.2) is 0 Å². The number of benzene rings is 2. The van der Waals surface area contributed by atoms with Gasteiger partial charge in [-0.1, -0.05) is 23.2 Å². The van der Waals surface area contributed by atoms with Crippen molar-refractivity contribution in [1.29, 1.82) is 0 Å². The summed E-state index contributed by atoms with van der Waals surface area (Å²) in [6.45, 7) is -0.221. The molecule has 2 aromatic carbocycles. The molecule has 0 aliphatic heterocycles. The van der Waals surface area contributed by atoms with Crippen LogP contribution in [0.5, 0.6) is 0 Å². The van der Waals surface area contributed by atoms with Crippen molar-refractivity contribution in [3.05, 3.63) is 77.8 Å². The Balaban J connectivity index is 2.15. The first-order valence-electron chi connectivity index (χ1n) is 6.32. The Kier molecular flexibility index (Phi) is 5.49. The Morgan fingerprint density at radius 1 is 0.826 bits per heavy atom. The van der Waals surface area contributed by atoms with Gasteiger partial charge >= 0.3 is 0 Å². The minimum absolute atomic E-state index is 0.111. The standard InChI is InChI=1S/C14H10Cl2N2O5/c15-11-1-3-13(17(19)20)9(5-11)7-23-8-10-6-12(16)2-4-14(10)18(21)22/h1-6H,7-8H2. The van der Waals surface area contributed by atoms with Crippen molar-refractivity contribution in [2.75, 3.05) is 0 Å². The van der Waals surface area contributed by atoms with Crippen LogP contribution in [0, 0.1) is 20.2 Å². The molecule has 7 nitrogen and oxygen atoms in total. The van der Waals surface area contributed by atoms with Gasteiger partial charge in [-0.3, -0.25) is 20.2 Å². The number of nitro groups is 2. The van der Waals surface area contributed by atoms with E-state index < -0.39 is 9.85 Å². The van der Waals surface area contributed by atoms with Gasteiger partial charge < -0.3 is 4.74 Å². The highest BCUT2D eigenvalue weighted by molar-refractivity contribution is 6.31. The molecule has 0 aliphatic rings. The first-order chi connectivity index (χ1) is 10.9. The van der Waals surface area contributed by atoms with Crippen LogP contribution in [0.2, 0.25) is 10.0 Å². The van der Waals surface area contributed by atoms with E-state index in [9.17, 15) is 20.2 Å². The summed E-state index contributed by atoms with van der Waals surface area (Å²) >= 11 is 11.6. The summed E-state index contributed by atoms with van der Waals surface area (Å²) in [6, 6.07) is 8.22. The normalized spacial score (nSPS) is 10.5. The molecule has 0 radical (unpaired) electrons. The molecular weight excluding hydrogens is 347 g/mol. The van der Waals surface area contributed by atoms with Crippen LogP contribution in [0.4, 0.5) is 11.4 Å². The van der Waals surface area contributed by atoms with Gasteiger partial charge in [-0.05, 0) is 24.3 Å². The maximum absolute atomic E-state index is 11.0. The lowest BCUT2D eigenvalue weighted by Gasteiger charge is -2.07. The number of nitrogens with zero attached hydrogens (tertiary/aromatic N) is 2. The fraction of sp³-hybridized carbons (Fsp3) is 0.143. The number of ether oxygens (including phenoxy) is 1. The number of hydrogen-bond donors (Lipinski definition) is 0. The third kappa shape index (κ3) is 4.38. The molecule has 0 saturated heterocycles. The minimum Gasteiger partial charge on any atom is -0.372 e. The monoisotopic (exact) mass is 356 g/mol. The highest BCUT2D eigenvalue weighted by Crippen LogP contribution is 2.26. The summed E-state index contributed by atoms with van der Waals surface area (Å²) in [7, 11) is 0. The van der Waals surface area contributed by atoms with Gasteiger partial charge in [-0.15, -0.1) is 0 Å². The second kappa shape index (κ2) is 7.36. The molecule has 0 amide bonds. The molecule has 0 saturated carbocycles. The molecule has 0 aliphatic carbocycles. The Labute approximate surface area is 140 Å². The minimum atomic E-state index is -0.545. The smallest absolute Gasteiger partial charge is 0.275 e. The van der Waals surface area contributed by atoms with E-state index in [-0.39, 0.29) is 35.7 Å². The molecule has 0 unspecified atom stereocenters. The van der Waals surface area contributed by atoms with Crippen molar-refractivity contribution in [3.8, 4) is 0 Å². The SMILES string of the molecule is O=[N+]([O-])c1ccc(Cl)cc1COCc1cc(Cl)ccc1[N+](=O)[O-]. The quantitative estimate of drug-likeness (QED) is 0.559. The van der Waals surface area contributed by atoms with Crippen LogP contribution in [0.25, 0.3) is 0 Å². The van der Waals surface area contributed by atoms with Gasteiger partial charge in [0.05, 0.1) is 34.2 Å². The van der Waals surface area contributed by atoms with Gasteiger partial charge in [-0.2, -0.15) is 0 Å². The number of rotatable bonds is 6. The van der Waals surface area contributed by atoms with Gasteiger partial charge in [0.1, 0.15) is 0 Å². The summed E-state index contributed by atoms with van der Waals surface area (Å²) in [6.07, 6.45) is 0. The van der Waals surface area contributed by atoms with E-state index in [2.05, 4.69) is 0 Å². The average molecular weight is 357 g/mol. The second-order valence-electron chi connectivity index (χ2n) is 4.55. The van der Waals surface area contributed by atoms with Crippen LogP contribution in [0.1, 0.15) is 11.1 Å². The van der Waals surface area contributed by atoms with Crippen LogP contribution in [0.15, 0.2) is 36.4 Å². The van der Waals surface area contributed by atoms with Crippen LogP contribution in [0.3, 0.4) is 0 Å². The van der Waals surface area contributed by atoms with E-state index in [0.29, 0.717) is 10.0 Å². The summed E-state index contributed by atoms with van der Waals surface area (Å²) in [5, 5.41) is 22.6. The molecular formula is C14H10Cl2N2O5. The predicted octanol–water partition coefficient (Wildman–Crippen LogP) is 4.53. The third-order valence-electron chi connectivity index (χ3n) is 2.99. The molecule has 120 valence electrons. The molecule has 0 bridgehead atoms. The Bertz CT molecular complexity index is 703. The zero-order valence-corrected chi connectivity index (χ0v) is 13.1. The van der Waals surface area contributed by atoms with Crippen LogP contribution in [-0.2, 0) is 18.0 Å². The Hall–Kier alpha value is -2.22. The molecule has 0 spiro atoms. The van der Waals surface area contributed by atoms with E-state index in [1.54, 1.807) is 0 Å². The molecule has 0 fully saturated rings. The van der Waals surface area contributed by atoms with Crippen molar-refractivity contribution in [1.82, 2.24) is 0 Å². The maximum Gasteiger partial charge on any atom is 0.275 e. The molecule has 0 aromatic heterocycles. The molecule has 23 heavy (non-hydrogen) atoms. The fourth-order valence-corrected chi connectivity index (χ4v) is 2.36. The maximum atomic E-state index is 11.0. The van der Waals surface area contributed by atoms with Crippen molar-refractivity contribution < 1.29 is 14.6 Å². The number of nitro benzene ring substituents is 2. The lowest BCUT2D eigenvalue weighted by molar-refractivity contribution is -0.386. The fourth-order valence-electron chi connectivity index (χ4n) is 1.97. The zero-order valence-electron chi connectivity index (χ0n) is 11.6. The molecule has 2 aromatic rings. The van der Waals surface area contributed by atoms with E-state index in [1.165, 1.54) is 36.4 Å². The van der Waals surface area contributed by atoms with Crippen molar-refractivity contribution in [3.63, 3.8) is 0 Å². The molecule has 0 atom stereocenters. The van der Waals surface area contributed by atoms with Crippen LogP contribution >= 0.6 is 23.2 Å². The van der Waals surface area contributed by atoms with E-state index in [0.717, 1.165) is 0 Å². The molecule has 2 rings (SSSR count). The number of halogens is 2. The van der Waals surface area contributed by atoms with Crippen molar-refractivity contribution in [2.45, 2.75) is 13.2 Å². The summed E-state index contributed by atoms with van der Waals surface area (Å²) in [4.78, 5) is 20.8. The Morgan fingerprint density at radius 3 is 1.57 bits per heavy atom. The summed E-state index contributed by atoms with van der Waals surface area (Å²) in [5.41, 5.74) is 0.310. The third-order valence-corrected chi connectivity index (χ3v) is 3.46. The Morgan fingerprint density at radius 2 is 1.22 bits per heavy atom. The summed E-state index contributed by atoms with van der Waals surface area (Å²) in [5.74, 6) is 0. The highest BCUT2D eigenvalue weighted by atomic mass is 35.5. The van der Waals surface area contributed by atoms with Gasteiger partial charge in [0, 0.05) is 22.2 Å². The highest BCUT2D eigenvalue weighted by Gasteiger charge is 2.16. The van der Waals surface area contributed by atoms with Gasteiger partial charge in [0.2, 0.25) is 0 Å².